The minimum absolute atomic E-state index is 0.264. The molecular weight excluding hydrogens is 236 g/mol. The first kappa shape index (κ1) is 13.9. The molecule has 1 saturated carbocycles. The Hall–Kier alpha value is -1.51. The van der Waals surface area contributed by atoms with Crippen molar-refractivity contribution in [1.29, 1.82) is 0 Å². The molecule has 1 fully saturated rings. The first-order valence-electron chi connectivity index (χ1n) is 7.34. The van der Waals surface area contributed by atoms with Gasteiger partial charge in [0, 0.05) is 24.7 Å². The number of benzene rings is 1. The lowest BCUT2D eigenvalue weighted by Crippen LogP contribution is -2.35. The number of rotatable bonds is 5. The van der Waals surface area contributed by atoms with E-state index < -0.39 is 0 Å². The van der Waals surface area contributed by atoms with E-state index in [-0.39, 0.29) is 5.92 Å². The number of nitrogens with two attached hydrogens (primary N) is 1. The van der Waals surface area contributed by atoms with Crippen LogP contribution in [0.1, 0.15) is 44.6 Å². The lowest BCUT2D eigenvalue weighted by Gasteiger charge is -2.25. The van der Waals surface area contributed by atoms with Gasteiger partial charge in [-0.2, -0.15) is 0 Å². The summed E-state index contributed by atoms with van der Waals surface area (Å²) in [7, 11) is 0. The third kappa shape index (κ3) is 3.72. The van der Waals surface area contributed by atoms with Crippen molar-refractivity contribution in [3.63, 3.8) is 0 Å². The van der Waals surface area contributed by atoms with Crippen LogP contribution in [-0.2, 0) is 11.3 Å². The summed E-state index contributed by atoms with van der Waals surface area (Å²) < 4.78 is 0. The summed E-state index contributed by atoms with van der Waals surface area (Å²) in [5, 5.41) is 0. The molecule has 1 aliphatic rings. The highest BCUT2D eigenvalue weighted by Crippen LogP contribution is 2.27. The summed E-state index contributed by atoms with van der Waals surface area (Å²) in [4.78, 5) is 14.5. The quantitative estimate of drug-likeness (QED) is 0.826. The van der Waals surface area contributed by atoms with Gasteiger partial charge in [-0.1, -0.05) is 31.9 Å². The fourth-order valence-electron chi connectivity index (χ4n) is 2.81. The zero-order valence-electron chi connectivity index (χ0n) is 11.8. The van der Waals surface area contributed by atoms with Crippen molar-refractivity contribution in [3.05, 3.63) is 29.8 Å². The van der Waals surface area contributed by atoms with E-state index in [1.54, 1.807) is 0 Å². The summed E-state index contributed by atoms with van der Waals surface area (Å²) in [5.41, 5.74) is 7.63. The molecule has 3 heteroatoms. The third-order valence-electron chi connectivity index (χ3n) is 3.86. The van der Waals surface area contributed by atoms with Crippen LogP contribution in [0, 0.1) is 5.92 Å². The van der Waals surface area contributed by atoms with Crippen molar-refractivity contribution in [2.75, 3.05) is 12.3 Å². The van der Waals surface area contributed by atoms with Crippen LogP contribution in [0.4, 0.5) is 5.69 Å². The van der Waals surface area contributed by atoms with Crippen molar-refractivity contribution in [1.82, 2.24) is 4.90 Å². The van der Waals surface area contributed by atoms with E-state index in [0.717, 1.165) is 37.1 Å². The van der Waals surface area contributed by atoms with Crippen molar-refractivity contribution < 1.29 is 4.79 Å². The van der Waals surface area contributed by atoms with Gasteiger partial charge in [-0.05, 0) is 37.0 Å². The molecule has 0 spiro atoms. The van der Waals surface area contributed by atoms with Gasteiger partial charge in [-0.3, -0.25) is 4.79 Å². The molecule has 0 atom stereocenters. The monoisotopic (exact) mass is 260 g/mol. The Morgan fingerprint density at radius 2 is 1.89 bits per heavy atom. The molecule has 2 rings (SSSR count). The maximum atomic E-state index is 12.5. The van der Waals surface area contributed by atoms with E-state index in [4.69, 9.17) is 5.73 Å². The fourth-order valence-corrected chi connectivity index (χ4v) is 2.81. The van der Waals surface area contributed by atoms with Crippen LogP contribution in [0.15, 0.2) is 24.3 Å². The molecule has 1 aromatic carbocycles. The van der Waals surface area contributed by atoms with Gasteiger partial charge in [-0.15, -0.1) is 0 Å². The number of carbonyl (C=O) groups excluding carboxylic acids is 1. The normalized spacial score (nSPS) is 15.6. The van der Waals surface area contributed by atoms with Crippen molar-refractivity contribution >= 4 is 11.6 Å². The summed E-state index contributed by atoms with van der Waals surface area (Å²) >= 11 is 0. The van der Waals surface area contributed by atoms with Gasteiger partial charge >= 0.3 is 0 Å². The lowest BCUT2D eigenvalue weighted by atomic mass is 10.1. The molecule has 0 bridgehead atoms. The number of nitrogens with zero attached hydrogens (tertiary/aromatic N) is 1. The first-order valence-corrected chi connectivity index (χ1v) is 7.34. The molecule has 3 nitrogen and oxygen atoms in total. The van der Waals surface area contributed by atoms with Crippen LogP contribution in [0.2, 0.25) is 0 Å². The number of carbonyl (C=O) groups is 1. The lowest BCUT2D eigenvalue weighted by molar-refractivity contribution is -0.136. The van der Waals surface area contributed by atoms with Crippen LogP contribution >= 0.6 is 0 Å². The van der Waals surface area contributed by atoms with Crippen LogP contribution in [0.25, 0.3) is 0 Å². The number of hydrogen-bond donors (Lipinski definition) is 1. The average Bonchev–Trinajstić information content (AvgIpc) is 2.94. The van der Waals surface area contributed by atoms with E-state index >= 15 is 0 Å². The molecule has 1 amide bonds. The molecule has 1 aliphatic carbocycles. The highest BCUT2D eigenvalue weighted by molar-refractivity contribution is 5.79. The van der Waals surface area contributed by atoms with Gasteiger partial charge < -0.3 is 10.6 Å². The Bertz CT molecular complexity index is 407. The Balaban J connectivity index is 2.02. The smallest absolute Gasteiger partial charge is 0.225 e. The second-order valence-electron chi connectivity index (χ2n) is 5.48. The van der Waals surface area contributed by atoms with Gasteiger partial charge in [0.1, 0.15) is 0 Å². The van der Waals surface area contributed by atoms with E-state index in [1.807, 2.05) is 29.2 Å². The van der Waals surface area contributed by atoms with Gasteiger partial charge in [-0.25, -0.2) is 0 Å². The number of amides is 1. The van der Waals surface area contributed by atoms with E-state index in [1.165, 1.54) is 12.8 Å². The van der Waals surface area contributed by atoms with Crippen LogP contribution in [-0.4, -0.2) is 17.4 Å². The molecule has 2 N–H and O–H groups in total. The summed E-state index contributed by atoms with van der Waals surface area (Å²) in [6.07, 6.45) is 5.56. The SMILES string of the molecule is CCCN(Cc1ccc(N)cc1)C(=O)C1CCCC1. The van der Waals surface area contributed by atoms with Crippen molar-refractivity contribution in [3.8, 4) is 0 Å². The number of nitrogen functional groups attached to an aromatic ring is 1. The van der Waals surface area contributed by atoms with Crippen molar-refractivity contribution in [2.24, 2.45) is 5.92 Å². The zero-order chi connectivity index (χ0) is 13.7. The molecule has 0 saturated heterocycles. The van der Waals surface area contributed by atoms with Crippen LogP contribution in [0.3, 0.4) is 0 Å². The predicted octanol–water partition coefficient (Wildman–Crippen LogP) is 3.20. The van der Waals surface area contributed by atoms with Gasteiger partial charge in [0.2, 0.25) is 5.91 Å². The predicted molar refractivity (Wildman–Crippen MR) is 78.5 cm³/mol. The highest BCUT2D eigenvalue weighted by atomic mass is 16.2. The molecular formula is C16H24N2O. The number of anilines is 1. The third-order valence-corrected chi connectivity index (χ3v) is 3.86. The molecule has 19 heavy (non-hydrogen) atoms. The summed E-state index contributed by atoms with van der Waals surface area (Å²) in [6, 6.07) is 7.83. The van der Waals surface area contributed by atoms with E-state index in [0.29, 0.717) is 12.5 Å². The van der Waals surface area contributed by atoms with Gasteiger partial charge in [0.15, 0.2) is 0 Å². The van der Waals surface area contributed by atoms with E-state index in [2.05, 4.69) is 6.92 Å². The van der Waals surface area contributed by atoms with Gasteiger partial charge in [0.25, 0.3) is 0 Å². The maximum absolute atomic E-state index is 12.5. The Morgan fingerprint density at radius 1 is 1.26 bits per heavy atom. The fraction of sp³-hybridized carbons (Fsp3) is 0.562. The summed E-state index contributed by atoms with van der Waals surface area (Å²) in [6.45, 7) is 3.68. The minimum Gasteiger partial charge on any atom is -0.399 e. The topological polar surface area (TPSA) is 46.3 Å². The van der Waals surface area contributed by atoms with Crippen LogP contribution in [0.5, 0.6) is 0 Å². The number of hydrogen-bond acceptors (Lipinski definition) is 2. The standard InChI is InChI=1S/C16H24N2O/c1-2-11-18(16(19)14-5-3-4-6-14)12-13-7-9-15(17)10-8-13/h7-10,14H,2-6,11-12,17H2,1H3. The molecule has 0 unspecified atom stereocenters. The largest absolute Gasteiger partial charge is 0.399 e. The molecule has 1 aromatic rings. The molecule has 0 aromatic heterocycles. The second-order valence-corrected chi connectivity index (χ2v) is 5.48. The Morgan fingerprint density at radius 3 is 2.47 bits per heavy atom. The van der Waals surface area contributed by atoms with Gasteiger partial charge in [0.05, 0.1) is 0 Å². The highest BCUT2D eigenvalue weighted by Gasteiger charge is 2.26. The maximum Gasteiger partial charge on any atom is 0.225 e. The minimum atomic E-state index is 0.264. The molecule has 0 radical (unpaired) electrons. The Labute approximate surface area is 115 Å². The second kappa shape index (κ2) is 6.60. The van der Waals surface area contributed by atoms with Crippen LogP contribution < -0.4 is 5.73 Å². The van der Waals surface area contributed by atoms with E-state index in [9.17, 15) is 4.79 Å². The first-order chi connectivity index (χ1) is 9.20. The molecule has 0 heterocycles. The zero-order valence-corrected chi connectivity index (χ0v) is 11.8. The average molecular weight is 260 g/mol. The van der Waals surface area contributed by atoms with Crippen molar-refractivity contribution in [2.45, 2.75) is 45.6 Å². The molecule has 0 aliphatic heterocycles. The Kier molecular flexibility index (Phi) is 4.83. The summed E-state index contributed by atoms with van der Waals surface area (Å²) in [5.74, 6) is 0.608. The molecule has 104 valence electrons.